The van der Waals surface area contributed by atoms with Crippen molar-refractivity contribution < 1.29 is 19.4 Å². The molecule has 0 aromatic rings. The Kier molecular flexibility index (Phi) is 29.4. The molecule has 0 spiro atoms. The quantitative estimate of drug-likeness (QED) is 0.0747. The molecule has 0 aliphatic carbocycles. The standard InChI is InChI=1S/C33H66O4/c1-4-7-9-11-12-13-14-15-16-17-18-19-20-21-22-23-24-25-26-28-33(35)37-30-31(34)32(6-3)36-29-27-10-8-5-2/h31-32,34H,4-30H2,1-3H3. The van der Waals surface area contributed by atoms with E-state index >= 15 is 0 Å². The third-order valence-corrected chi connectivity index (χ3v) is 7.56. The van der Waals surface area contributed by atoms with Gasteiger partial charge in [-0.15, -0.1) is 0 Å². The molecule has 222 valence electrons. The van der Waals surface area contributed by atoms with E-state index in [1.54, 1.807) is 0 Å². The number of carbonyl (C=O) groups is 1. The SMILES string of the molecule is CCCCCCCCCCCCCCCCCCCCCC(=O)OCC(O)C(CC)OCCCCCC. The first-order chi connectivity index (χ1) is 18.2. The van der Waals surface area contributed by atoms with Crippen molar-refractivity contribution in [1.82, 2.24) is 0 Å². The van der Waals surface area contributed by atoms with Gasteiger partial charge in [-0.1, -0.05) is 156 Å². The van der Waals surface area contributed by atoms with E-state index in [1.807, 2.05) is 6.92 Å². The molecule has 0 heterocycles. The van der Waals surface area contributed by atoms with Gasteiger partial charge in [0.05, 0.1) is 6.10 Å². The van der Waals surface area contributed by atoms with Gasteiger partial charge in [-0.05, 0) is 19.3 Å². The molecule has 0 fully saturated rings. The molecule has 0 aliphatic rings. The number of ether oxygens (including phenoxy) is 2. The van der Waals surface area contributed by atoms with Crippen LogP contribution in [0.1, 0.15) is 181 Å². The van der Waals surface area contributed by atoms with Crippen LogP contribution in [0.25, 0.3) is 0 Å². The summed E-state index contributed by atoms with van der Waals surface area (Å²) in [5.74, 6) is -0.191. The molecule has 2 unspecified atom stereocenters. The number of aliphatic hydroxyl groups excluding tert-OH is 1. The molecule has 0 aromatic heterocycles. The summed E-state index contributed by atoms with van der Waals surface area (Å²) in [6.07, 6.45) is 30.4. The third kappa shape index (κ3) is 26.8. The Morgan fingerprint density at radius 2 is 0.946 bits per heavy atom. The first kappa shape index (κ1) is 36.4. The highest BCUT2D eigenvalue weighted by Crippen LogP contribution is 2.15. The van der Waals surface area contributed by atoms with E-state index in [1.165, 1.54) is 122 Å². The lowest BCUT2D eigenvalue weighted by atomic mass is 10.0. The minimum atomic E-state index is -0.731. The normalized spacial score (nSPS) is 13.1. The molecule has 0 radical (unpaired) electrons. The molecule has 0 aliphatic heterocycles. The van der Waals surface area contributed by atoms with Gasteiger partial charge in [-0.25, -0.2) is 0 Å². The minimum Gasteiger partial charge on any atom is -0.463 e. The average Bonchev–Trinajstić information content (AvgIpc) is 2.90. The molecular weight excluding hydrogens is 460 g/mol. The summed E-state index contributed by atoms with van der Waals surface area (Å²) in [6, 6.07) is 0. The Labute approximate surface area is 232 Å². The number of carbonyl (C=O) groups excluding carboxylic acids is 1. The molecule has 37 heavy (non-hydrogen) atoms. The average molecular weight is 527 g/mol. The van der Waals surface area contributed by atoms with Crippen LogP contribution in [0.5, 0.6) is 0 Å². The maximum Gasteiger partial charge on any atom is 0.305 e. The molecule has 0 amide bonds. The highest BCUT2D eigenvalue weighted by atomic mass is 16.5. The highest BCUT2D eigenvalue weighted by molar-refractivity contribution is 5.69. The van der Waals surface area contributed by atoms with Crippen molar-refractivity contribution in [2.75, 3.05) is 13.2 Å². The summed E-state index contributed by atoms with van der Waals surface area (Å²) < 4.78 is 11.1. The summed E-state index contributed by atoms with van der Waals surface area (Å²) in [5, 5.41) is 10.3. The Bertz CT molecular complexity index is 454. The van der Waals surface area contributed by atoms with Crippen molar-refractivity contribution in [3.05, 3.63) is 0 Å². The minimum absolute atomic E-state index is 0.0470. The van der Waals surface area contributed by atoms with E-state index < -0.39 is 6.10 Å². The van der Waals surface area contributed by atoms with Gasteiger partial charge in [0, 0.05) is 13.0 Å². The van der Waals surface area contributed by atoms with Crippen molar-refractivity contribution in [2.45, 2.75) is 193 Å². The van der Waals surface area contributed by atoms with Crippen LogP contribution < -0.4 is 0 Å². The predicted molar refractivity (Wildman–Crippen MR) is 159 cm³/mol. The second-order valence-electron chi connectivity index (χ2n) is 11.2. The maximum atomic E-state index is 12.0. The van der Waals surface area contributed by atoms with Crippen LogP contribution in [0, 0.1) is 0 Å². The molecule has 0 aromatic carbocycles. The molecule has 0 rings (SSSR count). The number of aliphatic hydroxyl groups is 1. The van der Waals surface area contributed by atoms with Crippen molar-refractivity contribution in [3.8, 4) is 0 Å². The van der Waals surface area contributed by atoms with Crippen molar-refractivity contribution >= 4 is 5.97 Å². The van der Waals surface area contributed by atoms with Gasteiger partial charge < -0.3 is 14.6 Å². The monoisotopic (exact) mass is 526 g/mol. The van der Waals surface area contributed by atoms with Crippen molar-refractivity contribution in [1.29, 1.82) is 0 Å². The highest BCUT2D eigenvalue weighted by Gasteiger charge is 2.19. The maximum absolute atomic E-state index is 12.0. The van der Waals surface area contributed by atoms with Crippen LogP contribution in [-0.4, -0.2) is 36.5 Å². The Morgan fingerprint density at radius 3 is 1.35 bits per heavy atom. The second-order valence-corrected chi connectivity index (χ2v) is 11.2. The predicted octanol–water partition coefficient (Wildman–Crippen LogP) is 10.1. The summed E-state index contributed by atoms with van der Waals surface area (Å²) >= 11 is 0. The molecule has 1 N–H and O–H groups in total. The molecule has 0 bridgehead atoms. The van der Waals surface area contributed by atoms with Crippen LogP contribution in [0.4, 0.5) is 0 Å². The molecular formula is C33H66O4. The smallest absolute Gasteiger partial charge is 0.305 e. The van der Waals surface area contributed by atoms with Crippen LogP contribution in [0.2, 0.25) is 0 Å². The lowest BCUT2D eigenvalue weighted by Crippen LogP contribution is -2.33. The van der Waals surface area contributed by atoms with Gasteiger partial charge >= 0.3 is 5.97 Å². The van der Waals surface area contributed by atoms with Crippen LogP contribution in [-0.2, 0) is 14.3 Å². The summed E-state index contributed by atoms with van der Waals surface area (Å²) in [4.78, 5) is 12.0. The van der Waals surface area contributed by atoms with Crippen molar-refractivity contribution in [2.24, 2.45) is 0 Å². The first-order valence-corrected chi connectivity index (χ1v) is 16.6. The zero-order valence-corrected chi connectivity index (χ0v) is 25.4. The van der Waals surface area contributed by atoms with E-state index in [2.05, 4.69) is 13.8 Å². The third-order valence-electron chi connectivity index (χ3n) is 7.56. The number of hydrogen-bond acceptors (Lipinski definition) is 4. The number of unbranched alkanes of at least 4 members (excludes halogenated alkanes) is 21. The zero-order chi connectivity index (χ0) is 27.2. The van der Waals surface area contributed by atoms with E-state index in [-0.39, 0.29) is 18.7 Å². The van der Waals surface area contributed by atoms with Crippen LogP contribution in [0.3, 0.4) is 0 Å². The Morgan fingerprint density at radius 1 is 0.568 bits per heavy atom. The largest absolute Gasteiger partial charge is 0.463 e. The van der Waals surface area contributed by atoms with E-state index in [9.17, 15) is 9.90 Å². The zero-order valence-electron chi connectivity index (χ0n) is 25.4. The number of rotatable bonds is 30. The lowest BCUT2D eigenvalue weighted by Gasteiger charge is -2.22. The summed E-state index contributed by atoms with van der Waals surface area (Å²) in [6.45, 7) is 7.19. The second kappa shape index (κ2) is 29.9. The molecule has 4 nitrogen and oxygen atoms in total. The number of hydrogen-bond donors (Lipinski definition) is 1. The van der Waals surface area contributed by atoms with E-state index in [0.717, 1.165) is 32.1 Å². The van der Waals surface area contributed by atoms with Gasteiger partial charge in [-0.3, -0.25) is 4.79 Å². The van der Waals surface area contributed by atoms with Crippen LogP contribution in [0.15, 0.2) is 0 Å². The number of esters is 1. The first-order valence-electron chi connectivity index (χ1n) is 16.6. The molecule has 4 heteroatoms. The van der Waals surface area contributed by atoms with Crippen molar-refractivity contribution in [3.63, 3.8) is 0 Å². The molecule has 2 atom stereocenters. The van der Waals surface area contributed by atoms with E-state index in [4.69, 9.17) is 9.47 Å². The van der Waals surface area contributed by atoms with Gasteiger partial charge in [0.15, 0.2) is 0 Å². The van der Waals surface area contributed by atoms with Gasteiger partial charge in [0.1, 0.15) is 12.7 Å². The molecule has 0 saturated carbocycles. The van der Waals surface area contributed by atoms with Crippen LogP contribution >= 0.6 is 0 Å². The Balaban J connectivity index is 3.40. The van der Waals surface area contributed by atoms with Gasteiger partial charge in [-0.2, -0.15) is 0 Å². The van der Waals surface area contributed by atoms with Gasteiger partial charge in [0.25, 0.3) is 0 Å². The summed E-state index contributed by atoms with van der Waals surface area (Å²) in [5.41, 5.74) is 0. The fraction of sp³-hybridized carbons (Fsp3) is 0.970. The topological polar surface area (TPSA) is 55.8 Å². The molecule has 0 saturated heterocycles. The fourth-order valence-electron chi connectivity index (χ4n) is 4.97. The fourth-order valence-corrected chi connectivity index (χ4v) is 4.97. The lowest BCUT2D eigenvalue weighted by molar-refractivity contribution is -0.150. The Hall–Kier alpha value is -0.610. The van der Waals surface area contributed by atoms with Gasteiger partial charge in [0.2, 0.25) is 0 Å². The van der Waals surface area contributed by atoms with E-state index in [0.29, 0.717) is 13.0 Å². The summed E-state index contributed by atoms with van der Waals surface area (Å²) in [7, 11) is 0.